The number of imidazole rings is 1. The summed E-state index contributed by atoms with van der Waals surface area (Å²) in [5.41, 5.74) is 2.00. The number of hydrogen-bond acceptors (Lipinski definition) is 4. The second-order valence-corrected chi connectivity index (χ2v) is 3.91. The van der Waals surface area contributed by atoms with Crippen molar-refractivity contribution in [1.29, 1.82) is 0 Å². The fourth-order valence-corrected chi connectivity index (χ4v) is 1.83. The molecule has 1 fully saturated rings. The Labute approximate surface area is 92.1 Å². The quantitative estimate of drug-likeness (QED) is 0.713. The van der Waals surface area contributed by atoms with Crippen LogP contribution in [0.25, 0.3) is 5.65 Å². The zero-order valence-corrected chi connectivity index (χ0v) is 8.88. The minimum atomic E-state index is -0.368. The van der Waals surface area contributed by atoms with E-state index in [0.29, 0.717) is 17.3 Å². The minimum Gasteiger partial charge on any atom is -0.464 e. The largest absolute Gasteiger partial charge is 0.464 e. The van der Waals surface area contributed by atoms with Crippen molar-refractivity contribution in [2.45, 2.75) is 18.8 Å². The van der Waals surface area contributed by atoms with Gasteiger partial charge in [-0.3, -0.25) is 0 Å². The van der Waals surface area contributed by atoms with Crippen molar-refractivity contribution in [3.05, 3.63) is 29.7 Å². The number of aromatic nitrogens is 3. The molecular formula is C11H11N3O2. The molecule has 1 aliphatic rings. The molecule has 1 aliphatic carbocycles. The zero-order valence-electron chi connectivity index (χ0n) is 8.88. The van der Waals surface area contributed by atoms with Crippen LogP contribution in [-0.4, -0.2) is 27.7 Å². The summed E-state index contributed by atoms with van der Waals surface area (Å²) in [7, 11) is 1.38. The summed E-state index contributed by atoms with van der Waals surface area (Å²) in [6.45, 7) is 0. The summed E-state index contributed by atoms with van der Waals surface area (Å²) in [5, 5.41) is 4.13. The van der Waals surface area contributed by atoms with Gasteiger partial charge in [-0.15, -0.1) is 0 Å². The van der Waals surface area contributed by atoms with Crippen LogP contribution >= 0.6 is 0 Å². The number of carbonyl (C=O) groups excluding carboxylic acids is 1. The molecule has 2 aromatic rings. The van der Waals surface area contributed by atoms with E-state index < -0.39 is 0 Å². The average molecular weight is 217 g/mol. The Kier molecular flexibility index (Phi) is 1.92. The van der Waals surface area contributed by atoms with Crippen LogP contribution in [0.3, 0.4) is 0 Å². The number of esters is 1. The van der Waals surface area contributed by atoms with Gasteiger partial charge < -0.3 is 4.74 Å². The van der Waals surface area contributed by atoms with Gasteiger partial charge in [-0.25, -0.2) is 14.3 Å². The standard InChI is InChI=1S/C11H11N3O2/c1-16-11(15)10-9(7-4-5-7)13-8-3-2-6-12-14(8)10/h2-3,6-7H,4-5H2,1H3. The van der Waals surface area contributed by atoms with Crippen molar-refractivity contribution >= 4 is 11.6 Å². The minimum absolute atomic E-state index is 0.368. The number of hydrogen-bond donors (Lipinski definition) is 0. The van der Waals surface area contributed by atoms with Crippen molar-refractivity contribution in [2.24, 2.45) is 0 Å². The molecule has 0 radical (unpaired) electrons. The average Bonchev–Trinajstić information content (AvgIpc) is 3.09. The molecule has 0 atom stereocenters. The molecule has 0 unspecified atom stereocenters. The highest BCUT2D eigenvalue weighted by Crippen LogP contribution is 2.41. The predicted molar refractivity (Wildman–Crippen MR) is 56.3 cm³/mol. The highest BCUT2D eigenvalue weighted by Gasteiger charge is 2.33. The Morgan fingerprint density at radius 3 is 3.06 bits per heavy atom. The van der Waals surface area contributed by atoms with E-state index in [1.165, 1.54) is 7.11 Å². The van der Waals surface area contributed by atoms with E-state index in [0.717, 1.165) is 18.5 Å². The Hall–Kier alpha value is -1.91. The van der Waals surface area contributed by atoms with Crippen LogP contribution in [0, 0.1) is 0 Å². The molecule has 82 valence electrons. The van der Waals surface area contributed by atoms with Crippen LogP contribution in [0.5, 0.6) is 0 Å². The van der Waals surface area contributed by atoms with Crippen LogP contribution in [0.2, 0.25) is 0 Å². The maximum Gasteiger partial charge on any atom is 0.358 e. The SMILES string of the molecule is COC(=O)c1c(C2CC2)nc2cccnn12. The van der Waals surface area contributed by atoms with Crippen LogP contribution < -0.4 is 0 Å². The molecule has 0 bridgehead atoms. The summed E-state index contributed by atoms with van der Waals surface area (Å²) in [5.74, 6) is 0.0314. The molecule has 3 rings (SSSR count). The molecule has 0 aromatic carbocycles. The smallest absolute Gasteiger partial charge is 0.358 e. The van der Waals surface area contributed by atoms with E-state index in [9.17, 15) is 4.79 Å². The van der Waals surface area contributed by atoms with E-state index in [-0.39, 0.29) is 5.97 Å². The van der Waals surface area contributed by atoms with E-state index >= 15 is 0 Å². The first-order valence-corrected chi connectivity index (χ1v) is 5.23. The monoisotopic (exact) mass is 217 g/mol. The zero-order chi connectivity index (χ0) is 11.1. The summed E-state index contributed by atoms with van der Waals surface area (Å²) in [6, 6.07) is 3.64. The fraction of sp³-hybridized carbons (Fsp3) is 0.364. The van der Waals surface area contributed by atoms with Crippen LogP contribution in [-0.2, 0) is 4.74 Å². The molecule has 5 heteroatoms. The van der Waals surface area contributed by atoms with Gasteiger partial charge in [0, 0.05) is 12.1 Å². The first kappa shape index (κ1) is 9.33. The van der Waals surface area contributed by atoms with Gasteiger partial charge in [-0.1, -0.05) is 0 Å². The summed E-state index contributed by atoms with van der Waals surface area (Å²) in [4.78, 5) is 16.2. The van der Waals surface area contributed by atoms with Crippen LogP contribution in [0.4, 0.5) is 0 Å². The number of ether oxygens (including phenoxy) is 1. The highest BCUT2D eigenvalue weighted by molar-refractivity contribution is 5.90. The number of carbonyl (C=O) groups is 1. The van der Waals surface area contributed by atoms with Gasteiger partial charge in [0.2, 0.25) is 0 Å². The van der Waals surface area contributed by atoms with E-state index in [4.69, 9.17) is 4.74 Å². The fourth-order valence-electron chi connectivity index (χ4n) is 1.83. The normalized spacial score (nSPS) is 15.3. The molecule has 0 saturated heterocycles. The van der Waals surface area contributed by atoms with E-state index in [1.54, 1.807) is 16.8 Å². The van der Waals surface area contributed by atoms with E-state index in [2.05, 4.69) is 10.1 Å². The third-order valence-corrected chi connectivity index (χ3v) is 2.76. The van der Waals surface area contributed by atoms with Crippen molar-refractivity contribution in [1.82, 2.24) is 14.6 Å². The van der Waals surface area contributed by atoms with Crippen molar-refractivity contribution < 1.29 is 9.53 Å². The maximum atomic E-state index is 11.7. The second kappa shape index (κ2) is 3.30. The molecule has 0 amide bonds. The third-order valence-electron chi connectivity index (χ3n) is 2.76. The van der Waals surface area contributed by atoms with E-state index in [1.807, 2.05) is 6.07 Å². The van der Waals surface area contributed by atoms with Crippen LogP contribution in [0.1, 0.15) is 34.9 Å². The number of nitrogens with zero attached hydrogens (tertiary/aromatic N) is 3. The lowest BCUT2D eigenvalue weighted by atomic mass is 10.2. The molecule has 16 heavy (non-hydrogen) atoms. The molecule has 0 spiro atoms. The number of rotatable bonds is 2. The molecule has 0 aliphatic heterocycles. The lowest BCUT2D eigenvalue weighted by Gasteiger charge is -2.00. The van der Waals surface area contributed by atoms with Crippen molar-refractivity contribution in [3.63, 3.8) is 0 Å². The molecule has 0 N–H and O–H groups in total. The van der Waals surface area contributed by atoms with Crippen molar-refractivity contribution in [3.8, 4) is 0 Å². The molecule has 1 saturated carbocycles. The lowest BCUT2D eigenvalue weighted by Crippen LogP contribution is -2.09. The molecule has 2 aromatic heterocycles. The summed E-state index contributed by atoms with van der Waals surface area (Å²) < 4.78 is 6.34. The Balaban J connectivity index is 2.27. The van der Waals surface area contributed by atoms with Gasteiger partial charge in [0.05, 0.1) is 12.8 Å². The molecular weight excluding hydrogens is 206 g/mol. The van der Waals surface area contributed by atoms with Gasteiger partial charge in [-0.05, 0) is 25.0 Å². The summed E-state index contributed by atoms with van der Waals surface area (Å²) in [6.07, 6.45) is 3.82. The first-order valence-electron chi connectivity index (χ1n) is 5.23. The number of methoxy groups -OCH3 is 1. The summed E-state index contributed by atoms with van der Waals surface area (Å²) >= 11 is 0. The van der Waals surface area contributed by atoms with Gasteiger partial charge in [-0.2, -0.15) is 5.10 Å². The highest BCUT2D eigenvalue weighted by atomic mass is 16.5. The number of fused-ring (bicyclic) bond motifs is 1. The predicted octanol–water partition coefficient (Wildman–Crippen LogP) is 1.39. The first-order chi connectivity index (χ1) is 7.81. The van der Waals surface area contributed by atoms with Gasteiger partial charge in [0.15, 0.2) is 11.3 Å². The topological polar surface area (TPSA) is 56.5 Å². The Morgan fingerprint density at radius 1 is 1.56 bits per heavy atom. The molecule has 2 heterocycles. The van der Waals surface area contributed by atoms with Gasteiger partial charge >= 0.3 is 5.97 Å². The lowest BCUT2D eigenvalue weighted by molar-refractivity contribution is 0.0590. The maximum absolute atomic E-state index is 11.7. The third kappa shape index (κ3) is 1.28. The van der Waals surface area contributed by atoms with Gasteiger partial charge in [0.25, 0.3) is 0 Å². The van der Waals surface area contributed by atoms with Crippen LogP contribution in [0.15, 0.2) is 18.3 Å². The van der Waals surface area contributed by atoms with Gasteiger partial charge in [0.1, 0.15) is 0 Å². The molecule has 5 nitrogen and oxygen atoms in total. The van der Waals surface area contributed by atoms with Crippen molar-refractivity contribution in [2.75, 3.05) is 7.11 Å². The Morgan fingerprint density at radius 2 is 2.38 bits per heavy atom. The Bertz CT molecular complexity index is 557. The second-order valence-electron chi connectivity index (χ2n) is 3.91.